The number of carbonyl (C=O) groups is 3. The molecule has 0 saturated carbocycles. The average Bonchev–Trinajstić information content (AvgIpc) is 2.66. The molecule has 168 valence electrons. The highest BCUT2D eigenvalue weighted by molar-refractivity contribution is 14.1. The number of urea groups is 1. The van der Waals surface area contributed by atoms with Crippen molar-refractivity contribution < 1.29 is 34.8 Å². The summed E-state index contributed by atoms with van der Waals surface area (Å²) in [5.41, 5.74) is 5.57. The first-order chi connectivity index (χ1) is 14.0. The van der Waals surface area contributed by atoms with Crippen LogP contribution in [0.1, 0.15) is 27.6 Å². The van der Waals surface area contributed by atoms with Crippen LogP contribution in [0.25, 0.3) is 0 Å². The SMILES string of the molecule is CC(O)N(C(N)=O)c1c(I)c(C(=O)NCCO)c(I)c(C(=O)NCC(O)CO)c1I. The number of primary amides is 1. The number of halogens is 3. The van der Waals surface area contributed by atoms with Crippen molar-refractivity contribution in [3.05, 3.63) is 21.8 Å². The smallest absolute Gasteiger partial charge is 0.321 e. The third-order valence-corrected chi connectivity index (χ3v) is 6.89. The van der Waals surface area contributed by atoms with Gasteiger partial charge in [0.25, 0.3) is 11.8 Å². The number of nitrogens with one attached hydrogen (secondary N) is 2. The van der Waals surface area contributed by atoms with Crippen LogP contribution in [-0.4, -0.2) is 76.9 Å². The number of rotatable bonds is 9. The summed E-state index contributed by atoms with van der Waals surface area (Å²) in [4.78, 5) is 38.4. The predicted octanol–water partition coefficient (Wildman–Crippen LogP) is -0.471. The van der Waals surface area contributed by atoms with E-state index >= 15 is 0 Å². The molecule has 0 heterocycles. The van der Waals surface area contributed by atoms with E-state index in [1.54, 1.807) is 0 Å². The first kappa shape index (κ1) is 27.5. The van der Waals surface area contributed by atoms with Gasteiger partial charge < -0.3 is 36.8 Å². The molecular formula is C16H21I3N4O7. The molecule has 1 aromatic rings. The van der Waals surface area contributed by atoms with Gasteiger partial charge >= 0.3 is 6.03 Å². The summed E-state index contributed by atoms with van der Waals surface area (Å²) in [5.74, 6) is -1.27. The Bertz CT molecular complexity index is 823. The highest BCUT2D eigenvalue weighted by atomic mass is 127. The molecule has 30 heavy (non-hydrogen) atoms. The molecule has 8 N–H and O–H groups in total. The molecule has 2 unspecified atom stereocenters. The Hall–Kier alpha value is -0.540. The van der Waals surface area contributed by atoms with Crippen molar-refractivity contribution in [3.63, 3.8) is 0 Å². The summed E-state index contributed by atoms with van der Waals surface area (Å²) < 4.78 is 0.769. The lowest BCUT2D eigenvalue weighted by Gasteiger charge is -2.28. The van der Waals surface area contributed by atoms with Gasteiger partial charge in [0.1, 0.15) is 6.23 Å². The van der Waals surface area contributed by atoms with E-state index in [9.17, 15) is 24.6 Å². The van der Waals surface area contributed by atoms with Crippen LogP contribution in [0.2, 0.25) is 0 Å². The maximum atomic E-state index is 12.8. The van der Waals surface area contributed by atoms with Gasteiger partial charge in [-0.15, -0.1) is 0 Å². The van der Waals surface area contributed by atoms with Crippen molar-refractivity contribution in [1.29, 1.82) is 0 Å². The zero-order valence-corrected chi connectivity index (χ0v) is 22.1. The van der Waals surface area contributed by atoms with E-state index in [0.717, 1.165) is 4.90 Å². The molecule has 0 aliphatic rings. The lowest BCUT2D eigenvalue weighted by Crippen LogP contribution is -2.44. The minimum atomic E-state index is -1.36. The van der Waals surface area contributed by atoms with Crippen molar-refractivity contribution in [2.45, 2.75) is 19.3 Å². The molecule has 0 saturated heterocycles. The van der Waals surface area contributed by atoms with Gasteiger partial charge in [-0.1, -0.05) is 0 Å². The monoisotopic (exact) mass is 762 g/mol. The van der Waals surface area contributed by atoms with E-state index in [0.29, 0.717) is 0 Å². The van der Waals surface area contributed by atoms with Gasteiger partial charge in [-0.05, 0) is 74.7 Å². The van der Waals surface area contributed by atoms with Crippen LogP contribution in [-0.2, 0) is 0 Å². The molecule has 0 aliphatic carbocycles. The Labute approximate surface area is 213 Å². The minimum absolute atomic E-state index is 0.0257. The van der Waals surface area contributed by atoms with Gasteiger partial charge in [-0.2, -0.15) is 0 Å². The van der Waals surface area contributed by atoms with E-state index in [1.807, 2.05) is 67.8 Å². The van der Waals surface area contributed by atoms with E-state index < -0.39 is 36.8 Å². The molecule has 1 aromatic carbocycles. The summed E-state index contributed by atoms with van der Waals surface area (Å²) in [6.07, 6.45) is -2.54. The van der Waals surface area contributed by atoms with Crippen LogP contribution in [0.3, 0.4) is 0 Å². The van der Waals surface area contributed by atoms with E-state index in [1.165, 1.54) is 6.92 Å². The summed E-state index contributed by atoms with van der Waals surface area (Å²) in [6.45, 7) is 0.164. The first-order valence-electron chi connectivity index (χ1n) is 8.42. The third-order valence-electron chi connectivity index (χ3n) is 3.71. The predicted molar refractivity (Wildman–Crippen MR) is 133 cm³/mol. The molecule has 0 radical (unpaired) electrons. The normalized spacial score (nSPS) is 12.8. The molecule has 0 aromatic heterocycles. The Morgan fingerprint density at radius 1 is 1.00 bits per heavy atom. The second-order valence-corrected chi connectivity index (χ2v) is 9.14. The van der Waals surface area contributed by atoms with Gasteiger partial charge in [0.2, 0.25) is 0 Å². The quantitative estimate of drug-likeness (QED) is 0.131. The number of nitrogens with zero attached hydrogens (tertiary/aromatic N) is 1. The van der Waals surface area contributed by atoms with Gasteiger partial charge in [0.05, 0.1) is 43.3 Å². The molecule has 1 rings (SSSR count). The largest absolute Gasteiger partial charge is 0.395 e. The number of nitrogens with two attached hydrogens (primary N) is 1. The molecule has 0 spiro atoms. The van der Waals surface area contributed by atoms with Crippen molar-refractivity contribution in [3.8, 4) is 0 Å². The van der Waals surface area contributed by atoms with Crippen LogP contribution in [0, 0.1) is 10.7 Å². The molecule has 14 heteroatoms. The van der Waals surface area contributed by atoms with Gasteiger partial charge in [0, 0.05) is 16.7 Å². The number of hydrogen-bond acceptors (Lipinski definition) is 7. The maximum Gasteiger partial charge on any atom is 0.321 e. The average molecular weight is 762 g/mol. The molecule has 0 fully saturated rings. The van der Waals surface area contributed by atoms with Gasteiger partial charge in [-0.3, -0.25) is 14.5 Å². The second-order valence-electron chi connectivity index (χ2n) is 5.91. The highest BCUT2D eigenvalue weighted by Crippen LogP contribution is 2.38. The fourth-order valence-electron chi connectivity index (χ4n) is 2.36. The number of anilines is 1. The molecule has 4 amide bonds. The number of aliphatic hydroxyl groups excluding tert-OH is 4. The Morgan fingerprint density at radius 3 is 1.90 bits per heavy atom. The minimum Gasteiger partial charge on any atom is -0.395 e. The molecule has 2 atom stereocenters. The summed E-state index contributed by atoms with van der Waals surface area (Å²) in [5, 5.41) is 42.5. The van der Waals surface area contributed by atoms with Crippen LogP contribution in [0.15, 0.2) is 0 Å². The zero-order chi connectivity index (χ0) is 23.2. The summed E-state index contributed by atoms with van der Waals surface area (Å²) >= 11 is 5.44. The van der Waals surface area contributed by atoms with Crippen LogP contribution >= 0.6 is 67.8 Å². The van der Waals surface area contributed by atoms with Crippen LogP contribution < -0.4 is 21.3 Å². The van der Waals surface area contributed by atoms with Gasteiger partial charge in [0.15, 0.2) is 0 Å². The first-order valence-corrected chi connectivity index (χ1v) is 11.7. The fraction of sp³-hybridized carbons (Fsp3) is 0.438. The van der Waals surface area contributed by atoms with Crippen LogP contribution in [0.4, 0.5) is 10.5 Å². The Balaban J connectivity index is 3.75. The molecule has 0 aliphatic heterocycles. The van der Waals surface area contributed by atoms with Crippen molar-refractivity contribution in [2.75, 3.05) is 31.2 Å². The summed E-state index contributed by atoms with van der Waals surface area (Å²) in [6, 6.07) is -0.995. The number of aliphatic hydroxyl groups is 4. The maximum absolute atomic E-state index is 12.8. The lowest BCUT2D eigenvalue weighted by atomic mass is 10.1. The lowest BCUT2D eigenvalue weighted by molar-refractivity contribution is 0.0800. The van der Waals surface area contributed by atoms with Crippen molar-refractivity contribution in [2.24, 2.45) is 5.73 Å². The zero-order valence-electron chi connectivity index (χ0n) is 15.7. The number of hydrogen-bond donors (Lipinski definition) is 7. The molecule has 11 nitrogen and oxygen atoms in total. The standard InChI is InChI=1S/C16H21I3N4O7/c1-6(26)23(16(20)30)13-11(18)8(14(28)21-2-3-24)10(17)9(12(13)19)15(29)22-4-7(27)5-25/h6-7,24-27H,2-5H2,1H3,(H2,20,30)(H,21,28)(H,22,29). The molecule has 0 bridgehead atoms. The Kier molecular flexibility index (Phi) is 11.4. The summed E-state index contributed by atoms with van der Waals surface area (Å²) in [7, 11) is 0. The number of amides is 4. The second kappa shape index (κ2) is 12.5. The van der Waals surface area contributed by atoms with Crippen molar-refractivity contribution >= 4 is 91.3 Å². The van der Waals surface area contributed by atoms with E-state index in [2.05, 4.69) is 10.6 Å². The number of carbonyl (C=O) groups excluding carboxylic acids is 3. The topological polar surface area (TPSA) is 185 Å². The van der Waals surface area contributed by atoms with E-state index in [4.69, 9.17) is 15.9 Å². The number of benzene rings is 1. The van der Waals surface area contributed by atoms with E-state index in [-0.39, 0.29) is 47.2 Å². The highest BCUT2D eigenvalue weighted by Gasteiger charge is 2.33. The Morgan fingerprint density at radius 2 is 1.50 bits per heavy atom. The molecular weight excluding hydrogens is 741 g/mol. The van der Waals surface area contributed by atoms with Crippen molar-refractivity contribution in [1.82, 2.24) is 10.6 Å². The fourth-order valence-corrected chi connectivity index (χ4v) is 7.03. The third kappa shape index (κ3) is 6.48. The van der Waals surface area contributed by atoms with Gasteiger partial charge in [-0.25, -0.2) is 4.79 Å². The van der Waals surface area contributed by atoms with Crippen LogP contribution in [0.5, 0.6) is 0 Å².